The van der Waals surface area contributed by atoms with Crippen molar-refractivity contribution in [1.82, 2.24) is 10.2 Å². The second-order valence-electron chi connectivity index (χ2n) is 10.4. The fourth-order valence-electron chi connectivity index (χ4n) is 6.51. The lowest BCUT2D eigenvalue weighted by molar-refractivity contribution is -0.137. The van der Waals surface area contributed by atoms with Crippen LogP contribution < -0.4 is 15.1 Å². The molecule has 0 bridgehead atoms. The molecule has 1 aromatic carbocycles. The summed E-state index contributed by atoms with van der Waals surface area (Å²) in [7, 11) is 0. The number of carbonyl (C=O) groups excluding carboxylic acids is 1. The number of benzene rings is 1. The molecule has 0 aliphatic carbocycles. The third-order valence-corrected chi connectivity index (χ3v) is 8.50. The van der Waals surface area contributed by atoms with E-state index in [-0.39, 0.29) is 24.0 Å². The number of nitrogens with zero attached hydrogens (tertiary/aromatic N) is 3. The summed E-state index contributed by atoms with van der Waals surface area (Å²) in [6.07, 6.45) is 2.17. The maximum atomic E-state index is 14.2. The molecule has 0 unspecified atom stereocenters. The molecule has 5 rings (SSSR count). The first-order chi connectivity index (χ1) is 15.8. The molecule has 0 radical (unpaired) electrons. The summed E-state index contributed by atoms with van der Waals surface area (Å²) >= 11 is 0. The zero-order chi connectivity index (χ0) is 23.2. The topological polar surface area (TPSA) is 38.8 Å². The first-order valence-electron chi connectivity index (χ1n) is 12.5. The summed E-state index contributed by atoms with van der Waals surface area (Å²) in [5.41, 5.74) is -0.553. The summed E-state index contributed by atoms with van der Waals surface area (Å²) in [4.78, 5) is 19.3. The number of halogens is 4. The van der Waals surface area contributed by atoms with Gasteiger partial charge in [0.05, 0.1) is 16.7 Å². The zero-order valence-electron chi connectivity index (χ0n) is 19.9. The van der Waals surface area contributed by atoms with Crippen molar-refractivity contribution in [2.75, 3.05) is 49.1 Å². The SMILES string of the molecule is C[C@H]1CCCCN1[C@H]1CCN(c2ccc(N3CCC4(CCNCC4)C3=O)c(C(F)(F)F)c2)C1.Cl. The minimum Gasteiger partial charge on any atom is -0.370 e. The summed E-state index contributed by atoms with van der Waals surface area (Å²) in [5.74, 6) is -0.137. The molecule has 4 fully saturated rings. The van der Waals surface area contributed by atoms with Gasteiger partial charge in [-0.3, -0.25) is 9.69 Å². The van der Waals surface area contributed by atoms with E-state index in [1.807, 2.05) is 0 Å². The van der Waals surface area contributed by atoms with Crippen molar-refractivity contribution in [2.45, 2.75) is 70.1 Å². The van der Waals surface area contributed by atoms with Crippen molar-refractivity contribution in [3.8, 4) is 0 Å². The highest BCUT2D eigenvalue weighted by molar-refractivity contribution is 6.00. The molecule has 9 heteroatoms. The Labute approximate surface area is 206 Å². The predicted octanol–water partition coefficient (Wildman–Crippen LogP) is 4.69. The van der Waals surface area contributed by atoms with E-state index in [9.17, 15) is 18.0 Å². The van der Waals surface area contributed by atoms with Crippen LogP contribution in [0.25, 0.3) is 0 Å². The van der Waals surface area contributed by atoms with Gasteiger partial charge in [0.2, 0.25) is 5.91 Å². The number of amides is 1. The molecule has 4 aliphatic heterocycles. The van der Waals surface area contributed by atoms with E-state index in [1.165, 1.54) is 36.3 Å². The van der Waals surface area contributed by atoms with Gasteiger partial charge in [0.1, 0.15) is 0 Å². The van der Waals surface area contributed by atoms with Crippen LogP contribution in [0, 0.1) is 5.41 Å². The third-order valence-electron chi connectivity index (χ3n) is 8.50. The van der Waals surface area contributed by atoms with E-state index in [4.69, 9.17) is 0 Å². The Kier molecular flexibility index (Phi) is 7.42. The van der Waals surface area contributed by atoms with Crippen LogP contribution >= 0.6 is 12.4 Å². The molecular weight excluding hydrogens is 465 g/mol. The molecule has 2 atom stereocenters. The van der Waals surface area contributed by atoms with Crippen molar-refractivity contribution in [1.29, 1.82) is 0 Å². The van der Waals surface area contributed by atoms with Crippen molar-refractivity contribution >= 4 is 29.7 Å². The summed E-state index contributed by atoms with van der Waals surface area (Å²) in [5, 5.41) is 3.26. The standard InChI is InChI=1S/C25H35F3N4O.ClH/c1-18-4-2-3-13-31(18)20-7-14-30(17-20)19-5-6-22(21(16-19)25(26,27)28)32-15-10-24(23(32)33)8-11-29-12-9-24;/h5-6,16,18,20,29H,2-4,7-15,17H2,1H3;1H/t18-,20-;/m0./s1. The van der Waals surface area contributed by atoms with Gasteiger partial charge in [0.25, 0.3) is 0 Å². The molecular formula is C25H36ClF3N4O. The normalized spacial score (nSPS) is 27.9. The first-order valence-corrected chi connectivity index (χ1v) is 12.5. The number of alkyl halides is 3. The van der Waals surface area contributed by atoms with E-state index in [1.54, 1.807) is 6.07 Å². The van der Waals surface area contributed by atoms with Gasteiger partial charge in [-0.1, -0.05) is 6.42 Å². The maximum Gasteiger partial charge on any atom is 0.418 e. The minimum atomic E-state index is -4.50. The van der Waals surface area contributed by atoms with E-state index < -0.39 is 17.2 Å². The summed E-state index contributed by atoms with van der Waals surface area (Å²) in [6.45, 7) is 6.73. The van der Waals surface area contributed by atoms with Crippen LogP contribution in [0.4, 0.5) is 24.5 Å². The third kappa shape index (κ3) is 4.65. The number of hydrogen-bond acceptors (Lipinski definition) is 4. The molecule has 1 amide bonds. The van der Waals surface area contributed by atoms with Gasteiger partial charge in [0, 0.05) is 37.4 Å². The lowest BCUT2D eigenvalue weighted by Gasteiger charge is -2.38. The number of nitrogens with one attached hydrogen (secondary N) is 1. The highest BCUT2D eigenvalue weighted by atomic mass is 35.5. The molecule has 190 valence electrons. The average Bonchev–Trinajstić information content (AvgIpc) is 3.40. The number of hydrogen-bond donors (Lipinski definition) is 1. The predicted molar refractivity (Wildman–Crippen MR) is 131 cm³/mol. The van der Waals surface area contributed by atoms with Crippen LogP contribution in [-0.4, -0.2) is 62.2 Å². The highest BCUT2D eigenvalue weighted by Gasteiger charge is 2.49. The minimum absolute atomic E-state index is 0. The van der Waals surface area contributed by atoms with Gasteiger partial charge in [-0.05, 0) is 83.3 Å². The molecule has 34 heavy (non-hydrogen) atoms. The number of carbonyl (C=O) groups is 1. The zero-order valence-corrected chi connectivity index (χ0v) is 20.7. The number of rotatable bonds is 3. The van der Waals surface area contributed by atoms with Crippen molar-refractivity contribution in [3.05, 3.63) is 23.8 Å². The molecule has 0 aromatic heterocycles. The fraction of sp³-hybridized carbons (Fsp3) is 0.720. The van der Waals surface area contributed by atoms with Crippen LogP contribution in [0.1, 0.15) is 57.4 Å². The Morgan fingerprint density at radius 3 is 2.50 bits per heavy atom. The second kappa shape index (κ2) is 9.86. The molecule has 1 aromatic rings. The lowest BCUT2D eigenvalue weighted by atomic mass is 9.77. The monoisotopic (exact) mass is 500 g/mol. The molecule has 4 heterocycles. The van der Waals surface area contributed by atoms with Crippen LogP contribution in [0.2, 0.25) is 0 Å². The van der Waals surface area contributed by atoms with Crippen molar-refractivity contribution in [2.24, 2.45) is 5.41 Å². The Balaban J connectivity index is 0.00000274. The summed E-state index contributed by atoms with van der Waals surface area (Å²) in [6, 6.07) is 5.53. The Hall–Kier alpha value is -1.51. The van der Waals surface area contributed by atoms with Gasteiger partial charge in [-0.2, -0.15) is 13.2 Å². The van der Waals surface area contributed by atoms with Crippen LogP contribution in [0.5, 0.6) is 0 Å². The largest absolute Gasteiger partial charge is 0.418 e. The lowest BCUT2D eigenvalue weighted by Crippen LogP contribution is -2.46. The molecule has 4 saturated heterocycles. The van der Waals surface area contributed by atoms with Gasteiger partial charge >= 0.3 is 6.18 Å². The van der Waals surface area contributed by atoms with Gasteiger partial charge in [0.15, 0.2) is 0 Å². The molecule has 5 nitrogen and oxygen atoms in total. The summed E-state index contributed by atoms with van der Waals surface area (Å²) < 4.78 is 42.5. The Morgan fingerprint density at radius 2 is 1.79 bits per heavy atom. The average molecular weight is 501 g/mol. The van der Waals surface area contributed by atoms with E-state index in [0.717, 1.165) is 39.1 Å². The van der Waals surface area contributed by atoms with Crippen LogP contribution in [-0.2, 0) is 11.0 Å². The number of anilines is 2. The van der Waals surface area contributed by atoms with E-state index >= 15 is 0 Å². The smallest absolute Gasteiger partial charge is 0.370 e. The molecule has 1 N–H and O–H groups in total. The van der Waals surface area contributed by atoms with Crippen molar-refractivity contribution < 1.29 is 18.0 Å². The van der Waals surface area contributed by atoms with Crippen molar-refractivity contribution in [3.63, 3.8) is 0 Å². The Bertz CT molecular complexity index is 889. The number of piperidine rings is 2. The van der Waals surface area contributed by atoms with Gasteiger partial charge < -0.3 is 15.1 Å². The quantitative estimate of drug-likeness (QED) is 0.653. The number of likely N-dealkylation sites (tertiary alicyclic amines) is 1. The van der Waals surface area contributed by atoms with E-state index in [2.05, 4.69) is 22.0 Å². The Morgan fingerprint density at radius 1 is 1.03 bits per heavy atom. The first kappa shape index (κ1) is 25.6. The van der Waals surface area contributed by atoms with E-state index in [0.29, 0.717) is 43.6 Å². The maximum absolute atomic E-state index is 14.2. The molecule has 0 saturated carbocycles. The second-order valence-corrected chi connectivity index (χ2v) is 10.4. The van der Waals surface area contributed by atoms with Gasteiger partial charge in [-0.15, -0.1) is 12.4 Å². The van der Waals surface area contributed by atoms with Gasteiger partial charge in [-0.25, -0.2) is 0 Å². The fourth-order valence-corrected chi connectivity index (χ4v) is 6.51. The highest BCUT2D eigenvalue weighted by Crippen LogP contribution is 2.46. The molecule has 1 spiro atoms. The molecule has 4 aliphatic rings. The van der Waals surface area contributed by atoms with Crippen LogP contribution in [0.3, 0.4) is 0 Å². The van der Waals surface area contributed by atoms with Crippen LogP contribution in [0.15, 0.2) is 18.2 Å².